The van der Waals surface area contributed by atoms with Crippen molar-refractivity contribution in [2.24, 2.45) is 0 Å². The summed E-state index contributed by atoms with van der Waals surface area (Å²) in [6.07, 6.45) is 12.2. The van der Waals surface area contributed by atoms with Gasteiger partial charge in [-0.3, -0.25) is 0 Å². The molecule has 0 bridgehead atoms. The van der Waals surface area contributed by atoms with E-state index in [1.807, 2.05) is 0 Å². The smallest absolute Gasteiger partial charge is 0.156 e. The number of para-hydroxylation sites is 1. The summed E-state index contributed by atoms with van der Waals surface area (Å²) in [7, 11) is 0. The van der Waals surface area contributed by atoms with Gasteiger partial charge in [0, 0.05) is 24.7 Å². The summed E-state index contributed by atoms with van der Waals surface area (Å²) in [5.74, 6) is 1.06. The average molecular weight is 316 g/mol. The van der Waals surface area contributed by atoms with E-state index in [4.69, 9.17) is 4.74 Å². The summed E-state index contributed by atoms with van der Waals surface area (Å²) in [4.78, 5) is 2.44. The third-order valence-corrected chi connectivity index (χ3v) is 4.64. The van der Waals surface area contributed by atoms with Crippen molar-refractivity contribution in [1.82, 2.24) is 4.90 Å². The Hall–Kier alpha value is -1.67. The molecule has 1 spiro atoms. The normalized spacial score (nSPS) is 24.9. The molecule has 0 N–H and O–H groups in total. The summed E-state index contributed by atoms with van der Waals surface area (Å²) in [5, 5.41) is 0. The Labute approximate surface area is 138 Å². The first kappa shape index (κ1) is 15.2. The molecule has 3 heteroatoms. The summed E-state index contributed by atoms with van der Waals surface area (Å²) in [5.41, 5.74) is 3.96. The molecule has 0 aromatic heterocycles. The number of ether oxygens (including phenoxy) is 1. The highest BCUT2D eigenvalue weighted by molar-refractivity contribution is 5.85. The minimum atomic E-state index is -0.187. The number of benzene rings is 1. The van der Waals surface area contributed by atoms with Crippen LogP contribution in [0.2, 0.25) is 0 Å². The van der Waals surface area contributed by atoms with E-state index in [9.17, 15) is 0 Å². The van der Waals surface area contributed by atoms with Crippen molar-refractivity contribution in [3.05, 3.63) is 65.4 Å². The maximum absolute atomic E-state index is 6.50. The zero-order valence-electron chi connectivity index (χ0n) is 12.9. The van der Waals surface area contributed by atoms with Crippen LogP contribution in [0.4, 0.5) is 0 Å². The molecule has 0 fully saturated rings. The Kier molecular flexibility index (Phi) is 4.05. The molecule has 2 aliphatic heterocycles. The summed E-state index contributed by atoms with van der Waals surface area (Å²) in [6.45, 7) is 4.29. The summed E-state index contributed by atoms with van der Waals surface area (Å²) in [6, 6.07) is 8.48. The second-order valence-electron chi connectivity index (χ2n) is 6.22. The van der Waals surface area contributed by atoms with E-state index in [2.05, 4.69) is 60.5 Å². The van der Waals surface area contributed by atoms with E-state index in [1.165, 1.54) is 23.1 Å². The number of allylic oxidation sites excluding steroid dienone is 3. The molecule has 4 rings (SSSR count). The van der Waals surface area contributed by atoms with Crippen LogP contribution in [0.15, 0.2) is 59.8 Å². The number of halogens is 1. The Balaban J connectivity index is 0.00000144. The molecular formula is C19H22ClNO. The number of rotatable bonds is 2. The Bertz CT molecular complexity index is 634. The average Bonchev–Trinajstić information content (AvgIpc) is 2.86. The number of hydrogen-bond acceptors (Lipinski definition) is 2. The van der Waals surface area contributed by atoms with E-state index in [-0.39, 0.29) is 18.0 Å². The third kappa shape index (κ3) is 2.36. The van der Waals surface area contributed by atoms with Crippen LogP contribution in [-0.4, -0.2) is 23.6 Å². The highest BCUT2D eigenvalue weighted by atomic mass is 35.5. The lowest BCUT2D eigenvalue weighted by Gasteiger charge is -2.42. The van der Waals surface area contributed by atoms with Gasteiger partial charge in [0.1, 0.15) is 5.75 Å². The van der Waals surface area contributed by atoms with Crippen molar-refractivity contribution in [2.75, 3.05) is 13.1 Å². The largest absolute Gasteiger partial charge is 0.480 e. The molecular weight excluding hydrogens is 294 g/mol. The van der Waals surface area contributed by atoms with Crippen LogP contribution in [0.25, 0.3) is 0 Å². The predicted octanol–water partition coefficient (Wildman–Crippen LogP) is 4.28. The molecule has 3 aliphatic rings. The van der Waals surface area contributed by atoms with Crippen molar-refractivity contribution in [3.8, 4) is 5.75 Å². The second kappa shape index (κ2) is 5.85. The molecule has 1 atom stereocenters. The molecule has 1 aromatic rings. The SMILES string of the molecule is CCCN1C=C2CC=CC=C2C2(Cc3ccccc3O2)C1.Cl. The molecule has 0 amide bonds. The van der Waals surface area contributed by atoms with Gasteiger partial charge in [0.15, 0.2) is 5.60 Å². The van der Waals surface area contributed by atoms with Gasteiger partial charge in [0.25, 0.3) is 0 Å². The van der Waals surface area contributed by atoms with Crippen molar-refractivity contribution in [3.63, 3.8) is 0 Å². The van der Waals surface area contributed by atoms with E-state index >= 15 is 0 Å². The number of fused-ring (bicyclic) bond motifs is 3. The van der Waals surface area contributed by atoms with Crippen LogP contribution in [0, 0.1) is 0 Å². The highest BCUT2D eigenvalue weighted by Gasteiger charge is 2.46. The quantitative estimate of drug-likeness (QED) is 0.807. The van der Waals surface area contributed by atoms with Gasteiger partial charge in [-0.1, -0.05) is 43.4 Å². The van der Waals surface area contributed by atoms with E-state index in [0.717, 1.165) is 31.7 Å². The first-order chi connectivity index (χ1) is 10.3. The van der Waals surface area contributed by atoms with Crippen molar-refractivity contribution in [2.45, 2.75) is 31.8 Å². The Morgan fingerprint density at radius 3 is 2.95 bits per heavy atom. The van der Waals surface area contributed by atoms with E-state index in [1.54, 1.807) is 0 Å². The van der Waals surface area contributed by atoms with Crippen LogP contribution in [-0.2, 0) is 6.42 Å². The lowest BCUT2D eigenvalue weighted by molar-refractivity contribution is 0.0900. The maximum atomic E-state index is 6.50. The number of nitrogens with zero attached hydrogens (tertiary/aromatic N) is 1. The monoisotopic (exact) mass is 315 g/mol. The molecule has 1 aromatic carbocycles. The Morgan fingerprint density at radius 1 is 1.27 bits per heavy atom. The van der Waals surface area contributed by atoms with Gasteiger partial charge in [0.05, 0.1) is 6.54 Å². The fourth-order valence-corrected chi connectivity index (χ4v) is 3.80. The number of hydrogen-bond donors (Lipinski definition) is 0. The van der Waals surface area contributed by atoms with E-state index < -0.39 is 0 Å². The predicted molar refractivity (Wildman–Crippen MR) is 92.5 cm³/mol. The lowest BCUT2D eigenvalue weighted by Crippen LogP contribution is -2.50. The molecule has 0 saturated carbocycles. The van der Waals surface area contributed by atoms with Gasteiger partial charge >= 0.3 is 0 Å². The van der Waals surface area contributed by atoms with E-state index in [0.29, 0.717) is 0 Å². The lowest BCUT2D eigenvalue weighted by atomic mass is 9.79. The summed E-state index contributed by atoms with van der Waals surface area (Å²) >= 11 is 0. The van der Waals surface area contributed by atoms with Gasteiger partial charge in [-0.2, -0.15) is 0 Å². The van der Waals surface area contributed by atoms with Gasteiger partial charge in [0.2, 0.25) is 0 Å². The second-order valence-corrected chi connectivity index (χ2v) is 6.22. The van der Waals surface area contributed by atoms with Crippen molar-refractivity contribution < 1.29 is 4.74 Å². The fourth-order valence-electron chi connectivity index (χ4n) is 3.80. The highest BCUT2D eigenvalue weighted by Crippen LogP contribution is 2.45. The first-order valence-electron chi connectivity index (χ1n) is 7.90. The Morgan fingerprint density at radius 2 is 2.14 bits per heavy atom. The maximum Gasteiger partial charge on any atom is 0.156 e. The molecule has 1 aliphatic carbocycles. The van der Waals surface area contributed by atoms with Crippen LogP contribution in [0.5, 0.6) is 5.75 Å². The fraction of sp³-hybridized carbons (Fsp3) is 0.368. The standard InChI is InChI=1S/C19H21NO.ClH/c1-2-11-20-13-16-8-3-5-9-17(16)19(14-20)12-15-7-4-6-10-18(15)21-19;/h3-7,9-10,13H,2,8,11-12,14H2,1H3;1H. The molecule has 2 nitrogen and oxygen atoms in total. The van der Waals surface area contributed by atoms with Crippen LogP contribution >= 0.6 is 12.4 Å². The minimum Gasteiger partial charge on any atom is -0.480 e. The topological polar surface area (TPSA) is 12.5 Å². The first-order valence-corrected chi connectivity index (χ1v) is 7.90. The molecule has 2 heterocycles. The van der Waals surface area contributed by atoms with Gasteiger partial charge in [-0.05, 0) is 30.0 Å². The van der Waals surface area contributed by atoms with Crippen LogP contribution in [0.3, 0.4) is 0 Å². The van der Waals surface area contributed by atoms with Crippen LogP contribution < -0.4 is 4.74 Å². The molecule has 0 saturated heterocycles. The zero-order chi connectivity index (χ0) is 14.3. The molecule has 116 valence electrons. The molecule has 22 heavy (non-hydrogen) atoms. The molecule has 0 radical (unpaired) electrons. The van der Waals surface area contributed by atoms with Gasteiger partial charge in [-0.15, -0.1) is 12.4 Å². The summed E-state index contributed by atoms with van der Waals surface area (Å²) < 4.78 is 6.50. The van der Waals surface area contributed by atoms with Gasteiger partial charge in [-0.25, -0.2) is 0 Å². The van der Waals surface area contributed by atoms with Crippen LogP contribution in [0.1, 0.15) is 25.3 Å². The van der Waals surface area contributed by atoms with Crippen molar-refractivity contribution >= 4 is 12.4 Å². The minimum absolute atomic E-state index is 0. The third-order valence-electron chi connectivity index (χ3n) is 4.64. The van der Waals surface area contributed by atoms with Gasteiger partial charge < -0.3 is 9.64 Å². The van der Waals surface area contributed by atoms with Crippen molar-refractivity contribution in [1.29, 1.82) is 0 Å². The molecule has 1 unspecified atom stereocenters. The zero-order valence-corrected chi connectivity index (χ0v) is 13.7.